The zero-order chi connectivity index (χ0) is 10.4. The normalized spacial score (nSPS) is 12.5. The Morgan fingerprint density at radius 1 is 0.538 bits per heavy atom. The fourth-order valence-electron chi connectivity index (χ4n) is 1.69. The summed E-state index contributed by atoms with van der Waals surface area (Å²) in [6.07, 6.45) is 0. The Labute approximate surface area is 91.6 Å². The Bertz CT molecular complexity index is 99.0. The highest BCUT2D eigenvalue weighted by atomic mass is 28.4. The van der Waals surface area contributed by atoms with E-state index in [0.29, 0.717) is 0 Å². The van der Waals surface area contributed by atoms with E-state index in [0.717, 1.165) is 0 Å². The van der Waals surface area contributed by atoms with Crippen LogP contribution in [0.4, 0.5) is 0 Å². The topological polar surface area (TPSA) is 0 Å². The molecule has 0 aromatic heterocycles. The summed E-state index contributed by atoms with van der Waals surface area (Å²) < 4.78 is 0. The van der Waals surface area contributed by atoms with E-state index in [1.165, 1.54) is 0 Å². The summed E-state index contributed by atoms with van der Waals surface area (Å²) in [7, 11) is 0.255. The molecule has 0 aliphatic rings. The van der Waals surface area contributed by atoms with Gasteiger partial charge in [0.1, 0.15) is 0 Å². The van der Waals surface area contributed by atoms with Crippen molar-refractivity contribution >= 4 is 35.2 Å². The Hall–Kier alpha value is 0.868. The molecule has 0 bridgehead atoms. The van der Waals surface area contributed by atoms with Crippen LogP contribution < -0.4 is 0 Å². The maximum Gasteiger partial charge on any atom is 0.0387 e. The van der Waals surface area contributed by atoms with Gasteiger partial charge in [0.2, 0.25) is 0 Å². The van der Waals surface area contributed by atoms with Gasteiger partial charge in [-0.2, -0.15) is 0 Å². The number of hydrogen-bond acceptors (Lipinski definition) is 0. The Kier molecular flexibility index (Phi) is 7.68. The molecule has 0 fully saturated rings. The molecule has 0 nitrogen and oxygen atoms in total. The molecule has 0 atom stereocenters. The molecule has 0 amide bonds. The van der Waals surface area contributed by atoms with E-state index in [-0.39, 0.29) is 35.2 Å². The Balaban J connectivity index is 3.87. The van der Waals surface area contributed by atoms with E-state index in [2.05, 4.69) is 39.3 Å². The van der Waals surface area contributed by atoms with Crippen LogP contribution in [0, 0.1) is 0 Å². The first-order chi connectivity index (χ1) is 5.91. The zero-order valence-electron chi connectivity index (χ0n) is 10.1. The maximum absolute atomic E-state index is 2.49. The average Bonchev–Trinajstić information content (AvgIpc) is 1.80. The first-order valence-corrected chi connectivity index (χ1v) is 15.4. The van der Waals surface area contributed by atoms with Crippen LogP contribution in [-0.4, -0.2) is 35.2 Å². The molecule has 0 unspecified atom stereocenters. The second-order valence-corrected chi connectivity index (χ2v) is 17.9. The van der Waals surface area contributed by atoms with Gasteiger partial charge in [0.25, 0.3) is 0 Å². The van der Waals surface area contributed by atoms with Gasteiger partial charge in [-0.05, 0) is 0 Å². The average molecular weight is 245 g/mol. The van der Waals surface area contributed by atoms with Crippen molar-refractivity contribution in [3.05, 3.63) is 0 Å². The maximum atomic E-state index is 2.49. The summed E-state index contributed by atoms with van der Waals surface area (Å²) in [5.41, 5.74) is 5.00. The third-order valence-corrected chi connectivity index (χ3v) is 16.3. The van der Waals surface area contributed by atoms with Crippen LogP contribution >= 0.6 is 0 Å². The highest BCUT2D eigenvalue weighted by Gasteiger charge is 2.17. The highest BCUT2D eigenvalue weighted by Crippen LogP contribution is 2.12. The lowest BCUT2D eigenvalue weighted by Crippen LogP contribution is -2.28. The van der Waals surface area contributed by atoms with Crippen LogP contribution in [0.25, 0.3) is 0 Å². The second-order valence-electron chi connectivity index (χ2n) is 4.90. The highest BCUT2D eigenvalue weighted by molar-refractivity contribution is 6.89. The molecule has 0 saturated carbocycles. The van der Waals surface area contributed by atoms with Gasteiger partial charge in [0.15, 0.2) is 0 Å². The van der Waals surface area contributed by atoms with Crippen LogP contribution in [0.1, 0.15) is 0 Å². The zero-order valence-corrected chi connectivity index (χ0v) is 14.1. The second kappa shape index (κ2) is 7.20. The molecule has 76 valence electrons. The molecule has 0 aromatic rings. The van der Waals surface area contributed by atoms with Gasteiger partial charge in [-0.15, -0.1) is 0 Å². The molecule has 0 rings (SSSR count). The molecule has 0 saturated heterocycles. The molecular formula is C9H24Si4. The van der Waals surface area contributed by atoms with Crippen molar-refractivity contribution in [2.45, 2.75) is 56.3 Å². The Morgan fingerprint density at radius 2 is 0.769 bits per heavy atom. The van der Waals surface area contributed by atoms with E-state index < -0.39 is 0 Å². The van der Waals surface area contributed by atoms with Crippen LogP contribution in [-0.2, 0) is 0 Å². The Morgan fingerprint density at radius 3 is 0.923 bits per heavy atom. The summed E-state index contributed by atoms with van der Waals surface area (Å²) >= 11 is 0. The van der Waals surface area contributed by atoms with Crippen LogP contribution in [0.5, 0.6) is 0 Å². The first-order valence-electron chi connectivity index (χ1n) is 5.12. The molecule has 0 aromatic carbocycles. The van der Waals surface area contributed by atoms with Crippen molar-refractivity contribution in [1.29, 1.82) is 0 Å². The van der Waals surface area contributed by atoms with Crippen LogP contribution in [0.15, 0.2) is 0 Å². The molecule has 4 radical (unpaired) electrons. The lowest BCUT2D eigenvalue weighted by molar-refractivity contribution is 1.57. The third-order valence-electron chi connectivity index (χ3n) is 1.81. The molecular weight excluding hydrogens is 220 g/mol. The van der Waals surface area contributed by atoms with Gasteiger partial charge >= 0.3 is 0 Å². The predicted molar refractivity (Wildman–Crippen MR) is 72.6 cm³/mol. The molecule has 4 heteroatoms. The minimum atomic E-state index is 0.0543. The number of rotatable bonds is 6. The van der Waals surface area contributed by atoms with Gasteiger partial charge in [-0.3, -0.25) is 0 Å². The van der Waals surface area contributed by atoms with Crippen molar-refractivity contribution in [1.82, 2.24) is 0 Å². The quantitative estimate of drug-likeness (QED) is 0.629. The smallest absolute Gasteiger partial charge is 0.0387 e. The molecule has 0 spiro atoms. The largest absolute Gasteiger partial charge is 0.0715 e. The minimum Gasteiger partial charge on any atom is -0.0715 e. The molecule has 0 aliphatic carbocycles. The molecule has 0 N–H and O–H groups in total. The van der Waals surface area contributed by atoms with Gasteiger partial charge in [0, 0.05) is 35.2 Å². The van der Waals surface area contributed by atoms with E-state index in [1.54, 1.807) is 17.0 Å². The summed E-state index contributed by atoms with van der Waals surface area (Å²) in [6, 6.07) is 0. The lowest BCUT2D eigenvalue weighted by Gasteiger charge is -2.19. The number of hydrogen-bond donors (Lipinski definition) is 0. The van der Waals surface area contributed by atoms with Crippen LogP contribution in [0.2, 0.25) is 56.3 Å². The minimum absolute atomic E-state index is 0.0543. The summed E-state index contributed by atoms with van der Waals surface area (Å²) in [5.74, 6) is 0. The summed E-state index contributed by atoms with van der Waals surface area (Å²) in [6.45, 7) is 14.9. The van der Waals surface area contributed by atoms with Gasteiger partial charge in [-0.1, -0.05) is 56.3 Å². The van der Waals surface area contributed by atoms with Crippen molar-refractivity contribution in [3.63, 3.8) is 0 Å². The SMILES string of the molecule is C[Si](C)C[Si](C[Si](C)C)C[Si](C)C. The third kappa shape index (κ3) is 9.18. The van der Waals surface area contributed by atoms with Crippen molar-refractivity contribution in [3.8, 4) is 0 Å². The molecule has 0 aliphatic heterocycles. The summed E-state index contributed by atoms with van der Waals surface area (Å²) in [5, 5.41) is 0. The molecule has 0 heterocycles. The fraction of sp³-hybridized carbons (Fsp3) is 1.00. The van der Waals surface area contributed by atoms with Gasteiger partial charge in [0.05, 0.1) is 0 Å². The van der Waals surface area contributed by atoms with E-state index >= 15 is 0 Å². The van der Waals surface area contributed by atoms with E-state index in [4.69, 9.17) is 0 Å². The van der Waals surface area contributed by atoms with Gasteiger partial charge in [-0.25, -0.2) is 0 Å². The van der Waals surface area contributed by atoms with Gasteiger partial charge < -0.3 is 0 Å². The van der Waals surface area contributed by atoms with E-state index in [9.17, 15) is 0 Å². The fourth-order valence-corrected chi connectivity index (χ4v) is 18.6. The van der Waals surface area contributed by atoms with Crippen molar-refractivity contribution < 1.29 is 0 Å². The summed E-state index contributed by atoms with van der Waals surface area (Å²) in [4.78, 5) is 0. The van der Waals surface area contributed by atoms with Crippen LogP contribution in [0.3, 0.4) is 0 Å². The van der Waals surface area contributed by atoms with Crippen molar-refractivity contribution in [2.75, 3.05) is 0 Å². The standard InChI is InChI=1S/C9H24Si4/c1-10(2)7-13(8-11(3)4)9-12(5)6/h7-9H2,1-6H3. The van der Waals surface area contributed by atoms with Crippen molar-refractivity contribution in [2.24, 2.45) is 0 Å². The first kappa shape index (κ1) is 13.9. The monoisotopic (exact) mass is 244 g/mol. The lowest BCUT2D eigenvalue weighted by atomic mass is 11.7. The molecule has 13 heavy (non-hydrogen) atoms. The van der Waals surface area contributed by atoms with E-state index in [1.807, 2.05) is 0 Å². The predicted octanol–water partition coefficient (Wildman–Crippen LogP) is 3.36.